The molecule has 3 rings (SSSR count). The molecular weight excluding hydrogens is 252 g/mol. The number of rotatable bonds is 1. The Morgan fingerprint density at radius 3 is 3.11 bits per heavy atom. The second-order valence-electron chi connectivity index (χ2n) is 4.87. The summed E-state index contributed by atoms with van der Waals surface area (Å²) in [7, 11) is 0. The number of nitrogens with zero attached hydrogens (tertiary/aromatic N) is 3. The number of aromatic nitrogens is 2. The molecule has 2 atom stereocenters. The lowest BCUT2D eigenvalue weighted by Crippen LogP contribution is -2.53. The molecule has 98 valence electrons. The van der Waals surface area contributed by atoms with E-state index in [0.29, 0.717) is 17.8 Å². The Balaban J connectivity index is 1.91. The molecule has 18 heavy (non-hydrogen) atoms. The van der Waals surface area contributed by atoms with Crippen molar-refractivity contribution < 1.29 is 4.74 Å². The second-order valence-corrected chi connectivity index (χ2v) is 5.21. The molecule has 0 aromatic carbocycles. The Morgan fingerprint density at radius 1 is 1.39 bits per heavy atom. The molecule has 2 N–H and O–H groups in total. The van der Waals surface area contributed by atoms with Gasteiger partial charge in [-0.3, -0.25) is 0 Å². The van der Waals surface area contributed by atoms with Crippen molar-refractivity contribution in [3.8, 4) is 0 Å². The molecule has 1 aliphatic carbocycles. The number of hydrogen-bond acceptors (Lipinski definition) is 5. The van der Waals surface area contributed by atoms with E-state index in [4.69, 9.17) is 22.1 Å². The smallest absolute Gasteiger partial charge is 0.224 e. The summed E-state index contributed by atoms with van der Waals surface area (Å²) >= 11 is 5.88. The average molecular weight is 269 g/mol. The first-order chi connectivity index (χ1) is 8.75. The van der Waals surface area contributed by atoms with Crippen molar-refractivity contribution in [2.75, 3.05) is 23.8 Å². The SMILES string of the molecule is Nc1cnc(Cl)nc1N1CCOC2CCCCC21. The van der Waals surface area contributed by atoms with E-state index in [0.717, 1.165) is 31.8 Å². The Bertz CT molecular complexity index is 440. The Hall–Kier alpha value is -1.07. The summed E-state index contributed by atoms with van der Waals surface area (Å²) in [5.74, 6) is 0.759. The topological polar surface area (TPSA) is 64.3 Å². The zero-order valence-corrected chi connectivity index (χ0v) is 10.9. The van der Waals surface area contributed by atoms with Gasteiger partial charge < -0.3 is 15.4 Å². The van der Waals surface area contributed by atoms with Crippen LogP contribution in [0.3, 0.4) is 0 Å². The number of halogens is 1. The van der Waals surface area contributed by atoms with Gasteiger partial charge in [-0.05, 0) is 24.4 Å². The van der Waals surface area contributed by atoms with E-state index in [1.54, 1.807) is 6.20 Å². The monoisotopic (exact) mass is 268 g/mol. The molecule has 1 saturated carbocycles. The van der Waals surface area contributed by atoms with Crippen LogP contribution in [0, 0.1) is 0 Å². The van der Waals surface area contributed by atoms with Crippen molar-refractivity contribution in [1.82, 2.24) is 9.97 Å². The minimum absolute atomic E-state index is 0.248. The summed E-state index contributed by atoms with van der Waals surface area (Å²) in [6.45, 7) is 1.54. The van der Waals surface area contributed by atoms with Crippen LogP contribution in [-0.4, -0.2) is 35.3 Å². The van der Waals surface area contributed by atoms with Gasteiger partial charge in [0.15, 0.2) is 5.82 Å². The van der Waals surface area contributed by atoms with Gasteiger partial charge in [-0.2, -0.15) is 4.98 Å². The van der Waals surface area contributed by atoms with E-state index in [-0.39, 0.29) is 5.28 Å². The van der Waals surface area contributed by atoms with Gasteiger partial charge in [0.25, 0.3) is 0 Å². The van der Waals surface area contributed by atoms with Crippen molar-refractivity contribution in [1.29, 1.82) is 0 Å². The first-order valence-electron chi connectivity index (χ1n) is 6.42. The highest BCUT2D eigenvalue weighted by atomic mass is 35.5. The van der Waals surface area contributed by atoms with Crippen molar-refractivity contribution in [2.24, 2.45) is 0 Å². The fourth-order valence-electron chi connectivity index (χ4n) is 2.95. The van der Waals surface area contributed by atoms with Crippen LogP contribution in [0.4, 0.5) is 11.5 Å². The van der Waals surface area contributed by atoms with Crippen LogP contribution < -0.4 is 10.6 Å². The summed E-state index contributed by atoms with van der Waals surface area (Å²) in [5, 5.41) is 0.248. The molecule has 1 aromatic rings. The molecule has 2 heterocycles. The molecule has 0 amide bonds. The zero-order chi connectivity index (χ0) is 12.5. The van der Waals surface area contributed by atoms with Gasteiger partial charge in [0.2, 0.25) is 5.28 Å². The highest BCUT2D eigenvalue weighted by molar-refractivity contribution is 6.28. The summed E-state index contributed by atoms with van der Waals surface area (Å²) in [4.78, 5) is 10.4. The van der Waals surface area contributed by atoms with Crippen LogP contribution in [0.15, 0.2) is 6.20 Å². The predicted octanol–water partition coefficient (Wildman–Crippen LogP) is 1.86. The third kappa shape index (κ3) is 2.12. The molecule has 1 aromatic heterocycles. The molecule has 2 fully saturated rings. The fraction of sp³-hybridized carbons (Fsp3) is 0.667. The molecule has 0 bridgehead atoms. The predicted molar refractivity (Wildman–Crippen MR) is 70.8 cm³/mol. The van der Waals surface area contributed by atoms with Gasteiger partial charge in [0.05, 0.1) is 30.6 Å². The first kappa shape index (κ1) is 12.0. The minimum Gasteiger partial charge on any atom is -0.394 e. The van der Waals surface area contributed by atoms with Gasteiger partial charge in [-0.25, -0.2) is 4.98 Å². The largest absolute Gasteiger partial charge is 0.394 e. The standard InChI is InChI=1S/C12H17ClN4O/c13-12-15-7-8(14)11(16-12)17-5-6-18-10-4-2-1-3-9(10)17/h7,9-10H,1-6,14H2. The maximum absolute atomic E-state index is 5.98. The van der Waals surface area contributed by atoms with Gasteiger partial charge in [-0.15, -0.1) is 0 Å². The Kier molecular flexibility index (Phi) is 3.26. The van der Waals surface area contributed by atoms with E-state index in [1.807, 2.05) is 0 Å². The summed E-state index contributed by atoms with van der Waals surface area (Å²) in [5.41, 5.74) is 6.56. The molecule has 0 radical (unpaired) electrons. The molecule has 0 spiro atoms. The van der Waals surface area contributed by atoms with E-state index in [9.17, 15) is 0 Å². The molecule has 5 nitrogen and oxygen atoms in total. The molecule has 6 heteroatoms. The number of ether oxygens (including phenoxy) is 1. The van der Waals surface area contributed by atoms with Crippen LogP contribution in [0.25, 0.3) is 0 Å². The summed E-state index contributed by atoms with van der Waals surface area (Å²) in [6, 6.07) is 0.376. The lowest BCUT2D eigenvalue weighted by Gasteiger charge is -2.44. The van der Waals surface area contributed by atoms with Crippen molar-refractivity contribution >= 4 is 23.1 Å². The van der Waals surface area contributed by atoms with Crippen LogP contribution in [0.1, 0.15) is 25.7 Å². The normalized spacial score (nSPS) is 27.9. The average Bonchev–Trinajstić information content (AvgIpc) is 2.41. The van der Waals surface area contributed by atoms with Crippen molar-refractivity contribution in [2.45, 2.75) is 37.8 Å². The molecule has 2 aliphatic rings. The summed E-state index contributed by atoms with van der Waals surface area (Å²) < 4.78 is 5.84. The minimum atomic E-state index is 0.248. The second kappa shape index (κ2) is 4.90. The highest BCUT2D eigenvalue weighted by Crippen LogP contribution is 2.33. The number of fused-ring (bicyclic) bond motifs is 1. The fourth-order valence-corrected chi connectivity index (χ4v) is 3.08. The molecule has 1 saturated heterocycles. The zero-order valence-electron chi connectivity index (χ0n) is 10.2. The Labute approximate surface area is 111 Å². The first-order valence-corrected chi connectivity index (χ1v) is 6.80. The maximum Gasteiger partial charge on any atom is 0.224 e. The van der Waals surface area contributed by atoms with Gasteiger partial charge in [0, 0.05) is 6.54 Å². The van der Waals surface area contributed by atoms with Crippen molar-refractivity contribution in [3.63, 3.8) is 0 Å². The number of nitrogens with two attached hydrogens (primary N) is 1. The van der Waals surface area contributed by atoms with E-state index in [1.165, 1.54) is 12.8 Å². The van der Waals surface area contributed by atoms with Crippen LogP contribution in [0.5, 0.6) is 0 Å². The van der Waals surface area contributed by atoms with Gasteiger partial charge >= 0.3 is 0 Å². The molecule has 1 aliphatic heterocycles. The van der Waals surface area contributed by atoms with E-state index >= 15 is 0 Å². The number of hydrogen-bond donors (Lipinski definition) is 1. The number of nitrogen functional groups attached to an aromatic ring is 1. The third-order valence-corrected chi connectivity index (χ3v) is 3.95. The van der Waals surface area contributed by atoms with E-state index in [2.05, 4.69) is 14.9 Å². The number of morpholine rings is 1. The van der Waals surface area contributed by atoms with Crippen molar-refractivity contribution in [3.05, 3.63) is 11.5 Å². The van der Waals surface area contributed by atoms with Gasteiger partial charge in [-0.1, -0.05) is 12.8 Å². The van der Waals surface area contributed by atoms with Gasteiger partial charge in [0.1, 0.15) is 0 Å². The quantitative estimate of drug-likeness (QED) is 0.788. The van der Waals surface area contributed by atoms with Crippen LogP contribution in [0.2, 0.25) is 5.28 Å². The maximum atomic E-state index is 5.98. The lowest BCUT2D eigenvalue weighted by atomic mass is 9.90. The van der Waals surface area contributed by atoms with Crippen LogP contribution >= 0.6 is 11.6 Å². The Morgan fingerprint density at radius 2 is 2.22 bits per heavy atom. The third-order valence-electron chi connectivity index (χ3n) is 3.77. The van der Waals surface area contributed by atoms with Crippen LogP contribution in [-0.2, 0) is 4.74 Å². The lowest BCUT2D eigenvalue weighted by molar-refractivity contribution is -0.00893. The number of anilines is 2. The molecule has 2 unspecified atom stereocenters. The summed E-state index contributed by atoms with van der Waals surface area (Å²) in [6.07, 6.45) is 6.62. The highest BCUT2D eigenvalue weighted by Gasteiger charge is 2.35. The molecular formula is C12H17ClN4O. The van der Waals surface area contributed by atoms with E-state index < -0.39 is 0 Å².